The number of anilines is 6. The molecule has 10 rings (SSSR count). The molecule has 0 saturated heterocycles. The van der Waals surface area contributed by atoms with E-state index in [0.29, 0.717) is 0 Å². The number of fused-ring (bicyclic) bond motifs is 8. The van der Waals surface area contributed by atoms with Gasteiger partial charge in [-0.25, -0.2) is 0 Å². The molecular weight excluding hydrogens is 557 g/mol. The maximum Gasteiger partial charge on any atom is 0.252 e. The summed E-state index contributed by atoms with van der Waals surface area (Å²) >= 11 is 0. The first-order valence-corrected chi connectivity index (χ1v) is 16.9. The highest BCUT2D eigenvalue weighted by Gasteiger charge is 2.60. The van der Waals surface area contributed by atoms with E-state index in [1.54, 1.807) is 5.56 Å². The second kappa shape index (κ2) is 9.29. The van der Waals surface area contributed by atoms with Gasteiger partial charge >= 0.3 is 0 Å². The van der Waals surface area contributed by atoms with E-state index in [-0.39, 0.29) is 17.7 Å². The average molecular weight is 594 g/mol. The van der Waals surface area contributed by atoms with E-state index in [2.05, 4.69) is 151 Å². The van der Waals surface area contributed by atoms with Crippen LogP contribution in [0.4, 0.5) is 34.1 Å². The number of benzene rings is 6. The molecule has 0 amide bonds. The first-order valence-electron chi connectivity index (χ1n) is 16.9. The van der Waals surface area contributed by atoms with Gasteiger partial charge in [0.05, 0.1) is 5.54 Å². The van der Waals surface area contributed by atoms with E-state index in [1.807, 2.05) is 0 Å². The second-order valence-electron chi connectivity index (χ2n) is 14.2. The summed E-state index contributed by atoms with van der Waals surface area (Å²) in [6.45, 7) is 5.29. The summed E-state index contributed by atoms with van der Waals surface area (Å²) in [5, 5.41) is 10.2. The van der Waals surface area contributed by atoms with Crippen LogP contribution in [-0.2, 0) is 5.41 Å². The predicted molar refractivity (Wildman–Crippen MR) is 196 cm³/mol. The molecule has 1 aliphatic carbocycles. The lowest BCUT2D eigenvalue weighted by Crippen LogP contribution is -2.63. The van der Waals surface area contributed by atoms with Gasteiger partial charge in [0.15, 0.2) is 0 Å². The van der Waals surface area contributed by atoms with Gasteiger partial charge in [0, 0.05) is 39.5 Å². The van der Waals surface area contributed by atoms with Crippen LogP contribution in [0.2, 0.25) is 0 Å². The Bertz CT molecular complexity index is 2230. The maximum atomic E-state index is 3.88. The molecule has 1 saturated carbocycles. The van der Waals surface area contributed by atoms with Crippen molar-refractivity contribution in [1.82, 2.24) is 0 Å². The van der Waals surface area contributed by atoms with Gasteiger partial charge < -0.3 is 15.5 Å². The minimum Gasteiger partial charge on any atom is -0.356 e. The van der Waals surface area contributed by atoms with Crippen molar-refractivity contribution in [3.05, 3.63) is 127 Å². The van der Waals surface area contributed by atoms with Crippen molar-refractivity contribution in [3.63, 3.8) is 0 Å². The Balaban J connectivity index is 1.06. The molecular formula is C42H36BN3. The Morgan fingerprint density at radius 2 is 1.50 bits per heavy atom. The minimum atomic E-state index is 0.0818. The Labute approximate surface area is 271 Å². The van der Waals surface area contributed by atoms with Crippen molar-refractivity contribution in [2.45, 2.75) is 50.5 Å². The Morgan fingerprint density at radius 1 is 0.696 bits per heavy atom. The van der Waals surface area contributed by atoms with Crippen LogP contribution in [-0.4, -0.2) is 12.3 Å². The molecule has 6 aromatic carbocycles. The van der Waals surface area contributed by atoms with Gasteiger partial charge in [0.1, 0.15) is 0 Å². The lowest BCUT2D eigenvalue weighted by Gasteiger charge is -2.52. The number of para-hydroxylation sites is 1. The van der Waals surface area contributed by atoms with Gasteiger partial charge in [-0.05, 0) is 100 Å². The normalized spacial score (nSPS) is 21.6. The summed E-state index contributed by atoms with van der Waals surface area (Å²) in [7, 11) is 0. The summed E-state index contributed by atoms with van der Waals surface area (Å²) < 4.78 is 0. The van der Waals surface area contributed by atoms with E-state index in [9.17, 15) is 0 Å². The number of nitrogens with one attached hydrogen (secondary N) is 2. The summed E-state index contributed by atoms with van der Waals surface area (Å²) in [6.07, 6.45) is 5.09. The summed E-state index contributed by atoms with van der Waals surface area (Å²) in [4.78, 5) is 2.76. The van der Waals surface area contributed by atoms with Crippen LogP contribution < -0.4 is 31.9 Å². The predicted octanol–water partition coefficient (Wildman–Crippen LogP) is 8.88. The lowest BCUT2D eigenvalue weighted by molar-refractivity contribution is 0.195. The number of nitrogens with zero attached hydrogens (tertiary/aromatic N) is 1. The van der Waals surface area contributed by atoms with Gasteiger partial charge in [0.2, 0.25) is 0 Å². The molecule has 46 heavy (non-hydrogen) atoms. The molecule has 2 N–H and O–H groups in total. The van der Waals surface area contributed by atoms with Gasteiger partial charge in [-0.15, -0.1) is 0 Å². The third-order valence-corrected chi connectivity index (χ3v) is 12.0. The third-order valence-electron chi connectivity index (χ3n) is 12.0. The molecule has 4 aliphatic rings. The minimum absolute atomic E-state index is 0.0818. The van der Waals surface area contributed by atoms with Crippen molar-refractivity contribution in [3.8, 4) is 11.1 Å². The highest BCUT2D eigenvalue weighted by molar-refractivity contribution is 7.00. The summed E-state index contributed by atoms with van der Waals surface area (Å²) in [5.74, 6) is 0. The third kappa shape index (κ3) is 3.39. The average Bonchev–Trinajstić information content (AvgIpc) is 3.30. The standard InChI is InChI=1S/C42H36BN3/c1-41-23-5-6-24-42(41,2)46-38-20-10-19-36-39(38)43(35-18-9-17-33(41)40(35)46)34-22-21-30(26-37(34)45-36)44-29-14-7-13-28(25-29)32-16-8-12-27-11-3-4-15-31(27)32/h3-4,7-22,25-26,44-45H,5-6,23-24H2,1-2H3. The molecule has 0 bridgehead atoms. The highest BCUT2D eigenvalue weighted by atomic mass is 15.3. The molecule has 3 aliphatic heterocycles. The SMILES string of the molecule is CC12CCCCC1(C)N1c3cccc4c3B(c3ccc(Nc5cccc(-c6cccc7ccccc67)c5)cc3N4)c3cccc2c31. The lowest BCUT2D eigenvalue weighted by atomic mass is 9.33. The smallest absolute Gasteiger partial charge is 0.252 e. The zero-order valence-electron chi connectivity index (χ0n) is 26.4. The van der Waals surface area contributed by atoms with Crippen molar-refractivity contribution in [1.29, 1.82) is 0 Å². The van der Waals surface area contributed by atoms with Crippen molar-refractivity contribution in [2.24, 2.45) is 0 Å². The fourth-order valence-corrected chi connectivity index (χ4v) is 9.58. The van der Waals surface area contributed by atoms with Gasteiger partial charge in [-0.3, -0.25) is 0 Å². The first kappa shape index (κ1) is 26.3. The van der Waals surface area contributed by atoms with E-state index in [4.69, 9.17) is 0 Å². The van der Waals surface area contributed by atoms with Gasteiger partial charge in [-0.2, -0.15) is 0 Å². The Kier molecular flexibility index (Phi) is 5.31. The Hall–Kier alpha value is -4.96. The quantitative estimate of drug-likeness (QED) is 0.201. The fourth-order valence-electron chi connectivity index (χ4n) is 9.58. The molecule has 0 aromatic heterocycles. The van der Waals surface area contributed by atoms with Crippen LogP contribution in [0.15, 0.2) is 121 Å². The molecule has 0 spiro atoms. The van der Waals surface area contributed by atoms with Crippen molar-refractivity contribution >= 4 is 68.0 Å². The van der Waals surface area contributed by atoms with E-state index in [0.717, 1.165) is 11.4 Å². The zero-order chi connectivity index (χ0) is 30.6. The molecule has 222 valence electrons. The van der Waals surface area contributed by atoms with Crippen molar-refractivity contribution in [2.75, 3.05) is 15.5 Å². The van der Waals surface area contributed by atoms with Crippen molar-refractivity contribution < 1.29 is 0 Å². The molecule has 0 radical (unpaired) electrons. The monoisotopic (exact) mass is 593 g/mol. The van der Waals surface area contributed by atoms with E-state index in [1.165, 1.54) is 86.7 Å². The van der Waals surface area contributed by atoms with Crippen LogP contribution in [0.25, 0.3) is 21.9 Å². The second-order valence-corrected chi connectivity index (χ2v) is 14.2. The van der Waals surface area contributed by atoms with Crippen LogP contribution in [0.3, 0.4) is 0 Å². The highest BCUT2D eigenvalue weighted by Crippen LogP contribution is 2.61. The topological polar surface area (TPSA) is 27.3 Å². The molecule has 1 fully saturated rings. The largest absolute Gasteiger partial charge is 0.356 e. The first-order chi connectivity index (χ1) is 22.5. The molecule has 2 atom stereocenters. The van der Waals surface area contributed by atoms with Crippen LogP contribution in [0.1, 0.15) is 45.1 Å². The molecule has 3 heterocycles. The summed E-state index contributed by atoms with van der Waals surface area (Å²) in [5.41, 5.74) is 15.9. The molecule has 6 aromatic rings. The fraction of sp³-hybridized carbons (Fsp3) is 0.190. The zero-order valence-corrected chi connectivity index (χ0v) is 26.4. The van der Waals surface area contributed by atoms with E-state index >= 15 is 0 Å². The van der Waals surface area contributed by atoms with E-state index < -0.39 is 0 Å². The number of hydrogen-bond donors (Lipinski definition) is 2. The molecule has 4 heteroatoms. The molecule has 2 unspecified atom stereocenters. The molecule has 3 nitrogen and oxygen atoms in total. The maximum absolute atomic E-state index is 3.88. The van der Waals surface area contributed by atoms with Crippen LogP contribution >= 0.6 is 0 Å². The van der Waals surface area contributed by atoms with Crippen LogP contribution in [0, 0.1) is 0 Å². The van der Waals surface area contributed by atoms with Gasteiger partial charge in [-0.1, -0.05) is 105 Å². The Morgan fingerprint density at radius 3 is 2.46 bits per heavy atom. The van der Waals surface area contributed by atoms with Gasteiger partial charge in [0.25, 0.3) is 6.71 Å². The van der Waals surface area contributed by atoms with Crippen LogP contribution in [0.5, 0.6) is 0 Å². The summed E-state index contributed by atoms with van der Waals surface area (Å²) in [6, 6.07) is 44.9. The number of hydrogen-bond acceptors (Lipinski definition) is 3. The number of rotatable bonds is 3.